The molecule has 2 aromatic rings. The van der Waals surface area contributed by atoms with Gasteiger partial charge in [-0.15, -0.1) is 0 Å². The summed E-state index contributed by atoms with van der Waals surface area (Å²) in [6, 6.07) is 6.32. The molecule has 5 nitrogen and oxygen atoms in total. The van der Waals surface area contributed by atoms with Crippen molar-refractivity contribution in [3.8, 4) is 0 Å². The largest absolute Gasteiger partial charge is 0.478 e. The number of hydrogen-bond acceptors (Lipinski definition) is 3. The lowest BCUT2D eigenvalue weighted by Crippen LogP contribution is -2.17. The van der Waals surface area contributed by atoms with Crippen molar-refractivity contribution in [3.63, 3.8) is 0 Å². The molecule has 0 saturated heterocycles. The summed E-state index contributed by atoms with van der Waals surface area (Å²) < 4.78 is 52.6. The molecule has 0 aliphatic heterocycles. The van der Waals surface area contributed by atoms with E-state index in [2.05, 4.69) is 4.72 Å². The van der Waals surface area contributed by atoms with Crippen molar-refractivity contribution in [2.75, 3.05) is 4.72 Å². The third kappa shape index (κ3) is 3.06. The van der Waals surface area contributed by atoms with E-state index in [1.54, 1.807) is 0 Å². The number of para-hydroxylation sites is 1. The van der Waals surface area contributed by atoms with E-state index in [-0.39, 0.29) is 11.3 Å². The Morgan fingerprint density at radius 2 is 1.82 bits per heavy atom. The molecule has 8 heteroatoms. The smallest absolute Gasteiger partial charge is 0.337 e. The van der Waals surface area contributed by atoms with Gasteiger partial charge >= 0.3 is 5.97 Å². The zero-order valence-corrected chi connectivity index (χ0v) is 12.1. The highest BCUT2D eigenvalue weighted by molar-refractivity contribution is 7.92. The van der Waals surface area contributed by atoms with Crippen LogP contribution < -0.4 is 4.72 Å². The van der Waals surface area contributed by atoms with E-state index >= 15 is 0 Å². The van der Waals surface area contributed by atoms with Crippen LogP contribution in [0.2, 0.25) is 0 Å². The molecule has 0 spiro atoms. The van der Waals surface area contributed by atoms with Crippen LogP contribution in [0.3, 0.4) is 0 Å². The maximum Gasteiger partial charge on any atom is 0.337 e. The van der Waals surface area contributed by atoms with E-state index in [0.717, 1.165) is 6.07 Å². The van der Waals surface area contributed by atoms with Crippen LogP contribution in [-0.4, -0.2) is 19.5 Å². The number of sulfonamides is 1. The molecule has 2 N–H and O–H groups in total. The van der Waals surface area contributed by atoms with Gasteiger partial charge in [0.15, 0.2) is 11.6 Å². The fraction of sp³-hybridized carbons (Fsp3) is 0.0714. The van der Waals surface area contributed by atoms with Gasteiger partial charge in [0.1, 0.15) is 0 Å². The quantitative estimate of drug-likeness (QED) is 0.904. The van der Waals surface area contributed by atoms with Crippen LogP contribution in [0.1, 0.15) is 15.9 Å². The highest BCUT2D eigenvalue weighted by Gasteiger charge is 2.21. The van der Waals surface area contributed by atoms with Gasteiger partial charge in [-0.1, -0.05) is 12.1 Å². The summed E-state index contributed by atoms with van der Waals surface area (Å²) in [6.07, 6.45) is 0. The SMILES string of the molecule is Cc1cccc(C(=O)O)c1NS(=O)(=O)c1ccc(F)c(F)c1. The second-order valence-corrected chi connectivity index (χ2v) is 6.17. The summed E-state index contributed by atoms with van der Waals surface area (Å²) in [5.74, 6) is -3.81. The molecule has 2 rings (SSSR count). The van der Waals surface area contributed by atoms with E-state index in [4.69, 9.17) is 5.11 Å². The lowest BCUT2D eigenvalue weighted by atomic mass is 10.1. The van der Waals surface area contributed by atoms with Crippen LogP contribution in [0, 0.1) is 18.6 Å². The Hall–Kier alpha value is -2.48. The number of benzene rings is 2. The predicted molar refractivity (Wildman–Crippen MR) is 75.3 cm³/mol. The monoisotopic (exact) mass is 327 g/mol. The van der Waals surface area contributed by atoms with Gasteiger partial charge in [-0.05, 0) is 36.8 Å². The number of rotatable bonds is 4. The zero-order valence-electron chi connectivity index (χ0n) is 11.3. The predicted octanol–water partition coefficient (Wildman–Crippen LogP) is 2.77. The van der Waals surface area contributed by atoms with Crippen LogP contribution in [0.25, 0.3) is 0 Å². The van der Waals surface area contributed by atoms with Crippen LogP contribution >= 0.6 is 0 Å². The molecular formula is C14H11F2NO4S. The maximum atomic E-state index is 13.2. The lowest BCUT2D eigenvalue weighted by Gasteiger charge is -2.13. The first-order valence-corrected chi connectivity index (χ1v) is 7.51. The summed E-state index contributed by atoms with van der Waals surface area (Å²) in [4.78, 5) is 10.6. The third-order valence-corrected chi connectivity index (χ3v) is 4.29. The number of hydrogen-bond donors (Lipinski definition) is 2. The van der Waals surface area contributed by atoms with E-state index in [1.165, 1.54) is 25.1 Å². The molecule has 0 bridgehead atoms. The van der Waals surface area contributed by atoms with Crippen LogP contribution in [-0.2, 0) is 10.0 Å². The van der Waals surface area contributed by atoms with Gasteiger partial charge in [0.25, 0.3) is 10.0 Å². The van der Waals surface area contributed by atoms with Crippen molar-refractivity contribution in [2.45, 2.75) is 11.8 Å². The summed E-state index contributed by atoms with van der Waals surface area (Å²) >= 11 is 0. The molecule has 0 fully saturated rings. The van der Waals surface area contributed by atoms with Gasteiger partial charge in [-0.2, -0.15) is 0 Å². The summed E-state index contributed by atoms with van der Waals surface area (Å²) in [5, 5.41) is 9.09. The Morgan fingerprint density at radius 3 is 2.41 bits per heavy atom. The molecule has 22 heavy (non-hydrogen) atoms. The number of aryl methyl sites for hydroxylation is 1. The number of carboxylic acids is 1. The number of anilines is 1. The van der Waals surface area contributed by atoms with Crippen molar-refractivity contribution in [1.82, 2.24) is 0 Å². The molecule has 0 atom stereocenters. The maximum absolute atomic E-state index is 13.2. The average molecular weight is 327 g/mol. The first kappa shape index (κ1) is 15.9. The van der Waals surface area contributed by atoms with Gasteiger partial charge in [0.2, 0.25) is 0 Å². The minimum atomic E-state index is -4.25. The fourth-order valence-corrected chi connectivity index (χ4v) is 2.98. The van der Waals surface area contributed by atoms with Crippen molar-refractivity contribution in [2.24, 2.45) is 0 Å². The van der Waals surface area contributed by atoms with Crippen LogP contribution in [0.4, 0.5) is 14.5 Å². The number of aromatic carboxylic acids is 1. The van der Waals surface area contributed by atoms with E-state index in [1.807, 2.05) is 0 Å². The van der Waals surface area contributed by atoms with E-state index < -0.39 is 32.5 Å². The molecule has 0 aliphatic carbocycles. The van der Waals surface area contributed by atoms with Crippen molar-refractivity contribution >= 4 is 21.7 Å². The Labute approximate surface area is 125 Å². The molecular weight excluding hydrogens is 316 g/mol. The number of halogens is 2. The Balaban J connectivity index is 2.50. The van der Waals surface area contributed by atoms with Crippen molar-refractivity contribution in [1.29, 1.82) is 0 Å². The van der Waals surface area contributed by atoms with E-state index in [9.17, 15) is 22.0 Å². The molecule has 0 saturated carbocycles. The normalized spacial score (nSPS) is 11.2. The molecule has 0 unspecified atom stereocenters. The van der Waals surface area contributed by atoms with Crippen molar-refractivity contribution < 1.29 is 27.1 Å². The molecule has 0 aliphatic rings. The summed E-state index contributed by atoms with van der Waals surface area (Å²) in [7, 11) is -4.25. The number of carboxylic acid groups (broad SMARTS) is 1. The van der Waals surface area contributed by atoms with Crippen LogP contribution in [0.5, 0.6) is 0 Å². The number of carbonyl (C=O) groups is 1. The van der Waals surface area contributed by atoms with Crippen LogP contribution in [0.15, 0.2) is 41.3 Å². The minimum absolute atomic E-state index is 0.125. The molecule has 116 valence electrons. The summed E-state index contributed by atoms with van der Waals surface area (Å²) in [5.41, 5.74) is 0.0111. The summed E-state index contributed by atoms with van der Waals surface area (Å²) in [6.45, 7) is 1.52. The highest BCUT2D eigenvalue weighted by Crippen LogP contribution is 2.24. The topological polar surface area (TPSA) is 83.5 Å². The first-order valence-electron chi connectivity index (χ1n) is 6.03. The Kier molecular flexibility index (Phi) is 4.14. The minimum Gasteiger partial charge on any atom is -0.478 e. The second-order valence-electron chi connectivity index (χ2n) is 4.48. The Morgan fingerprint density at radius 1 is 1.14 bits per heavy atom. The third-order valence-electron chi connectivity index (χ3n) is 2.94. The zero-order chi connectivity index (χ0) is 16.5. The molecule has 2 aromatic carbocycles. The van der Waals surface area contributed by atoms with E-state index in [0.29, 0.717) is 17.7 Å². The standard InChI is InChI=1S/C14H11F2NO4S/c1-8-3-2-4-10(14(18)19)13(8)17-22(20,21)9-5-6-11(15)12(16)7-9/h2-7,17H,1H3,(H,18,19). The molecule has 0 radical (unpaired) electrons. The van der Waals surface area contributed by atoms with Crippen molar-refractivity contribution in [3.05, 3.63) is 59.2 Å². The lowest BCUT2D eigenvalue weighted by molar-refractivity contribution is 0.0698. The van der Waals surface area contributed by atoms with Gasteiger partial charge in [0.05, 0.1) is 16.1 Å². The average Bonchev–Trinajstić information content (AvgIpc) is 2.43. The number of nitrogens with one attached hydrogen (secondary N) is 1. The van der Waals surface area contributed by atoms with Gasteiger partial charge < -0.3 is 5.11 Å². The Bertz CT molecular complexity index is 850. The van der Waals surface area contributed by atoms with Gasteiger partial charge in [0, 0.05) is 0 Å². The highest BCUT2D eigenvalue weighted by atomic mass is 32.2. The first-order chi connectivity index (χ1) is 10.2. The fourth-order valence-electron chi connectivity index (χ4n) is 1.82. The van der Waals surface area contributed by atoms with Gasteiger partial charge in [-0.3, -0.25) is 4.72 Å². The molecule has 0 heterocycles. The molecule has 0 aromatic heterocycles. The van der Waals surface area contributed by atoms with Gasteiger partial charge in [-0.25, -0.2) is 22.0 Å². The second kappa shape index (κ2) is 5.72. The molecule has 0 amide bonds.